The normalized spacial score (nSPS) is 11.9. The first-order valence-electron chi connectivity index (χ1n) is 10.6. The molecule has 0 radical (unpaired) electrons. The van der Waals surface area contributed by atoms with E-state index in [1.54, 1.807) is 24.3 Å². The molecule has 4 rings (SSSR count). The molecule has 0 unspecified atom stereocenters. The van der Waals surface area contributed by atoms with E-state index in [4.69, 9.17) is 39.5 Å². The lowest BCUT2D eigenvalue weighted by Gasteiger charge is -2.14. The van der Waals surface area contributed by atoms with Crippen LogP contribution in [-0.2, 0) is 20.9 Å². The van der Waals surface area contributed by atoms with Crippen molar-refractivity contribution in [2.24, 2.45) is 0 Å². The van der Waals surface area contributed by atoms with Gasteiger partial charge in [0, 0.05) is 5.02 Å². The van der Waals surface area contributed by atoms with Crippen LogP contribution in [0.15, 0.2) is 71.9 Å². The molecule has 4 aromatic rings. The summed E-state index contributed by atoms with van der Waals surface area (Å²) in [5, 5.41) is 4.37. The lowest BCUT2D eigenvalue weighted by atomic mass is 10.2. The summed E-state index contributed by atoms with van der Waals surface area (Å²) in [6, 6.07) is 20.3. The Morgan fingerprint density at radius 2 is 1.83 bits per heavy atom. The molecule has 0 aliphatic rings. The van der Waals surface area contributed by atoms with Crippen molar-refractivity contribution in [2.75, 3.05) is 11.1 Å². The van der Waals surface area contributed by atoms with E-state index in [0.29, 0.717) is 27.4 Å². The first-order chi connectivity index (χ1) is 16.8. The van der Waals surface area contributed by atoms with Gasteiger partial charge in [-0.25, -0.2) is 4.98 Å². The van der Waals surface area contributed by atoms with E-state index in [1.165, 1.54) is 18.7 Å². The molecule has 0 bridgehead atoms. The summed E-state index contributed by atoms with van der Waals surface area (Å²) in [7, 11) is 0. The molecule has 3 aromatic carbocycles. The molecule has 35 heavy (non-hydrogen) atoms. The molecule has 1 heterocycles. The predicted molar refractivity (Wildman–Crippen MR) is 142 cm³/mol. The van der Waals surface area contributed by atoms with Crippen LogP contribution in [0.4, 0.5) is 5.69 Å². The van der Waals surface area contributed by atoms with Gasteiger partial charge in [0.05, 0.1) is 39.1 Å². The van der Waals surface area contributed by atoms with E-state index in [-0.39, 0.29) is 10.8 Å². The second kappa shape index (κ2) is 11.4. The maximum atomic E-state index is 12.5. The first kappa shape index (κ1) is 25.4. The van der Waals surface area contributed by atoms with Gasteiger partial charge in [-0.15, -0.1) is 0 Å². The molecule has 0 aliphatic heterocycles. The number of ether oxygens (including phenoxy) is 1. The highest BCUT2D eigenvalue weighted by Gasteiger charge is 2.21. The Balaban J connectivity index is 1.43. The second-order valence-corrected chi connectivity index (χ2v) is 9.77. The summed E-state index contributed by atoms with van der Waals surface area (Å²) >= 11 is 19.5. The van der Waals surface area contributed by atoms with Crippen LogP contribution >= 0.6 is 46.6 Å². The Hall–Kier alpha value is -2.71. The lowest BCUT2D eigenvalue weighted by molar-refractivity contribution is -0.150. The number of carbonyl (C=O) groups is 2. The number of amides is 1. The van der Waals surface area contributed by atoms with E-state index in [1.807, 2.05) is 47.0 Å². The number of nitrogens with zero attached hydrogens (tertiary/aromatic N) is 2. The molecule has 0 aliphatic carbocycles. The summed E-state index contributed by atoms with van der Waals surface area (Å²) in [5.74, 6) is -1.09. The van der Waals surface area contributed by atoms with Gasteiger partial charge < -0.3 is 14.6 Å². The third kappa shape index (κ3) is 6.30. The van der Waals surface area contributed by atoms with E-state index in [9.17, 15) is 9.59 Å². The summed E-state index contributed by atoms with van der Waals surface area (Å²) in [4.78, 5) is 29.6. The van der Waals surface area contributed by atoms with Crippen LogP contribution in [0.3, 0.4) is 0 Å². The van der Waals surface area contributed by atoms with Crippen molar-refractivity contribution in [3.8, 4) is 0 Å². The van der Waals surface area contributed by atoms with Crippen LogP contribution in [0.1, 0.15) is 12.5 Å². The zero-order valence-electron chi connectivity index (χ0n) is 18.5. The van der Waals surface area contributed by atoms with Crippen molar-refractivity contribution in [1.82, 2.24) is 9.55 Å². The summed E-state index contributed by atoms with van der Waals surface area (Å²) in [6.07, 6.45) is -1.03. The van der Waals surface area contributed by atoms with Crippen LogP contribution in [0.5, 0.6) is 0 Å². The fourth-order valence-corrected chi connectivity index (χ4v) is 4.66. The number of hydrogen-bond acceptors (Lipinski definition) is 5. The molecular weight excluding hydrogens is 529 g/mol. The van der Waals surface area contributed by atoms with Gasteiger partial charge in [0.15, 0.2) is 11.3 Å². The standard InChI is InChI=1S/C25H20Cl3N3O3S/c1-15(24(33)29-19-9-5-8-18(27)23(19)28)34-22(32)14-35-25-30-20-12-17(26)10-11-21(20)31(25)13-16-6-3-2-4-7-16/h2-12,15H,13-14H2,1H3,(H,29,33)/t15-/m0/s1. The highest BCUT2D eigenvalue weighted by Crippen LogP contribution is 2.30. The van der Waals surface area contributed by atoms with Crippen molar-refractivity contribution >= 4 is 75.2 Å². The number of benzene rings is 3. The number of rotatable bonds is 8. The van der Waals surface area contributed by atoms with E-state index < -0.39 is 18.0 Å². The Morgan fingerprint density at radius 3 is 2.60 bits per heavy atom. The predicted octanol–water partition coefficient (Wildman–Crippen LogP) is 6.71. The molecule has 0 spiro atoms. The van der Waals surface area contributed by atoms with Gasteiger partial charge in [-0.3, -0.25) is 9.59 Å². The monoisotopic (exact) mass is 547 g/mol. The van der Waals surface area contributed by atoms with E-state index >= 15 is 0 Å². The minimum absolute atomic E-state index is 0.0264. The minimum atomic E-state index is -1.03. The zero-order chi connectivity index (χ0) is 24.9. The van der Waals surface area contributed by atoms with Gasteiger partial charge in [-0.1, -0.05) is 83.0 Å². The molecule has 1 N–H and O–H groups in total. The molecule has 6 nitrogen and oxygen atoms in total. The van der Waals surface area contributed by atoms with Crippen LogP contribution in [0.2, 0.25) is 15.1 Å². The molecule has 0 saturated heterocycles. The van der Waals surface area contributed by atoms with Gasteiger partial charge in [0.2, 0.25) is 0 Å². The van der Waals surface area contributed by atoms with Crippen molar-refractivity contribution in [3.05, 3.63) is 87.4 Å². The Labute approximate surface area is 221 Å². The third-order valence-electron chi connectivity index (χ3n) is 5.06. The Morgan fingerprint density at radius 1 is 1.06 bits per heavy atom. The first-order valence-corrected chi connectivity index (χ1v) is 12.7. The number of thioether (sulfide) groups is 1. The van der Waals surface area contributed by atoms with Gasteiger partial charge in [-0.2, -0.15) is 0 Å². The smallest absolute Gasteiger partial charge is 0.317 e. The number of nitrogens with one attached hydrogen (secondary N) is 1. The molecule has 1 amide bonds. The van der Waals surface area contributed by atoms with E-state index in [2.05, 4.69) is 10.3 Å². The topological polar surface area (TPSA) is 73.2 Å². The van der Waals surface area contributed by atoms with Gasteiger partial charge in [0.25, 0.3) is 5.91 Å². The molecule has 1 atom stereocenters. The number of fused-ring (bicyclic) bond motifs is 1. The second-order valence-electron chi connectivity index (χ2n) is 7.61. The number of hydrogen-bond donors (Lipinski definition) is 1. The molecule has 0 fully saturated rings. The fraction of sp³-hybridized carbons (Fsp3) is 0.160. The fourth-order valence-electron chi connectivity index (χ4n) is 3.35. The maximum absolute atomic E-state index is 12.5. The SMILES string of the molecule is C[C@H](OC(=O)CSc1nc2cc(Cl)ccc2n1Cc1ccccc1)C(=O)Nc1cccc(Cl)c1Cl. The summed E-state index contributed by atoms with van der Waals surface area (Å²) in [5.41, 5.74) is 3.07. The van der Waals surface area contributed by atoms with Gasteiger partial charge >= 0.3 is 5.97 Å². The maximum Gasteiger partial charge on any atom is 0.317 e. The van der Waals surface area contributed by atoms with Crippen molar-refractivity contribution in [3.63, 3.8) is 0 Å². The quantitative estimate of drug-likeness (QED) is 0.196. The Bertz CT molecular complexity index is 1380. The number of halogens is 3. The number of carbonyl (C=O) groups excluding carboxylic acids is 2. The summed E-state index contributed by atoms with van der Waals surface area (Å²) in [6.45, 7) is 2.07. The van der Waals surface area contributed by atoms with Crippen LogP contribution in [0.25, 0.3) is 11.0 Å². The van der Waals surface area contributed by atoms with Crippen molar-refractivity contribution in [2.45, 2.75) is 24.7 Å². The van der Waals surface area contributed by atoms with Crippen LogP contribution in [0, 0.1) is 0 Å². The minimum Gasteiger partial charge on any atom is -0.452 e. The highest BCUT2D eigenvalue weighted by molar-refractivity contribution is 7.99. The molecular formula is C25H20Cl3N3O3S. The number of esters is 1. The van der Waals surface area contributed by atoms with Crippen LogP contribution < -0.4 is 5.32 Å². The van der Waals surface area contributed by atoms with Gasteiger partial charge in [0.1, 0.15) is 0 Å². The molecule has 1 aromatic heterocycles. The van der Waals surface area contributed by atoms with E-state index in [0.717, 1.165) is 16.6 Å². The molecule has 0 saturated carbocycles. The van der Waals surface area contributed by atoms with Gasteiger partial charge in [-0.05, 0) is 42.8 Å². The van der Waals surface area contributed by atoms with Crippen LogP contribution in [-0.4, -0.2) is 33.3 Å². The Kier molecular flexibility index (Phi) is 8.23. The highest BCUT2D eigenvalue weighted by atomic mass is 35.5. The number of imidazole rings is 1. The van der Waals surface area contributed by atoms with Crippen molar-refractivity contribution < 1.29 is 14.3 Å². The molecule has 180 valence electrons. The average Bonchev–Trinajstić information content (AvgIpc) is 3.17. The number of anilines is 1. The summed E-state index contributed by atoms with van der Waals surface area (Å²) < 4.78 is 7.35. The average molecular weight is 549 g/mol. The molecule has 10 heteroatoms. The zero-order valence-corrected chi connectivity index (χ0v) is 21.6. The third-order valence-corrected chi connectivity index (χ3v) is 7.07. The lowest BCUT2D eigenvalue weighted by Crippen LogP contribution is -2.30. The largest absolute Gasteiger partial charge is 0.452 e. The van der Waals surface area contributed by atoms with Crippen molar-refractivity contribution in [1.29, 1.82) is 0 Å². The number of aromatic nitrogens is 2.